The Bertz CT molecular complexity index is 641. The van der Waals surface area contributed by atoms with E-state index in [0.29, 0.717) is 0 Å². The van der Waals surface area contributed by atoms with Gasteiger partial charge in [-0.1, -0.05) is 13.3 Å². The molecule has 2 aromatic rings. The molecule has 0 aliphatic carbocycles. The SMILES string of the molecule is CCSc1ccc(C(=O)NC2CCCCN(Cc3ncc[nH]3)C2)s1. The maximum Gasteiger partial charge on any atom is 0.261 e. The van der Waals surface area contributed by atoms with E-state index in [1.54, 1.807) is 29.3 Å². The van der Waals surface area contributed by atoms with Crippen molar-refractivity contribution in [1.82, 2.24) is 20.2 Å². The molecule has 1 aliphatic rings. The Balaban J connectivity index is 1.57. The molecule has 7 heteroatoms. The topological polar surface area (TPSA) is 61.0 Å². The van der Waals surface area contributed by atoms with E-state index >= 15 is 0 Å². The third kappa shape index (κ3) is 4.84. The van der Waals surface area contributed by atoms with Crippen LogP contribution in [0, 0.1) is 0 Å². The molecule has 1 amide bonds. The van der Waals surface area contributed by atoms with Crippen LogP contribution in [0.25, 0.3) is 0 Å². The van der Waals surface area contributed by atoms with Gasteiger partial charge in [0.2, 0.25) is 0 Å². The van der Waals surface area contributed by atoms with Gasteiger partial charge in [-0.3, -0.25) is 9.69 Å². The quantitative estimate of drug-likeness (QED) is 0.772. The monoisotopic (exact) mass is 364 g/mol. The van der Waals surface area contributed by atoms with E-state index in [4.69, 9.17) is 0 Å². The number of carbonyl (C=O) groups excluding carboxylic acids is 1. The Morgan fingerprint density at radius 1 is 1.50 bits per heavy atom. The van der Waals surface area contributed by atoms with Crippen LogP contribution in [0.4, 0.5) is 0 Å². The molecule has 1 saturated heterocycles. The first kappa shape index (κ1) is 17.5. The summed E-state index contributed by atoms with van der Waals surface area (Å²) in [5, 5.41) is 3.23. The van der Waals surface area contributed by atoms with Gasteiger partial charge >= 0.3 is 0 Å². The predicted molar refractivity (Wildman–Crippen MR) is 99.7 cm³/mol. The van der Waals surface area contributed by atoms with E-state index in [-0.39, 0.29) is 11.9 Å². The fourth-order valence-corrected chi connectivity index (χ4v) is 4.94. The number of likely N-dealkylation sites (tertiary alicyclic amines) is 1. The lowest BCUT2D eigenvalue weighted by Gasteiger charge is -2.24. The van der Waals surface area contributed by atoms with Gasteiger partial charge in [0, 0.05) is 25.0 Å². The smallest absolute Gasteiger partial charge is 0.261 e. The van der Waals surface area contributed by atoms with Crippen LogP contribution in [-0.4, -0.2) is 45.7 Å². The van der Waals surface area contributed by atoms with E-state index in [1.807, 2.05) is 18.3 Å². The number of nitrogens with one attached hydrogen (secondary N) is 2. The lowest BCUT2D eigenvalue weighted by atomic mass is 10.1. The van der Waals surface area contributed by atoms with Crippen molar-refractivity contribution in [2.75, 3.05) is 18.8 Å². The predicted octanol–water partition coefficient (Wildman–Crippen LogP) is 3.37. The number of thiophene rings is 1. The molecule has 2 aromatic heterocycles. The van der Waals surface area contributed by atoms with Crippen LogP contribution in [0.15, 0.2) is 28.7 Å². The molecule has 1 aliphatic heterocycles. The molecule has 3 heterocycles. The Morgan fingerprint density at radius 3 is 3.21 bits per heavy atom. The summed E-state index contributed by atoms with van der Waals surface area (Å²) in [6.45, 7) is 4.89. The summed E-state index contributed by atoms with van der Waals surface area (Å²) in [6.07, 6.45) is 7.01. The average molecular weight is 365 g/mol. The average Bonchev–Trinajstić information content (AvgIpc) is 3.19. The first-order chi connectivity index (χ1) is 11.7. The second-order valence-electron chi connectivity index (χ2n) is 5.99. The molecule has 1 atom stereocenters. The van der Waals surface area contributed by atoms with Crippen molar-refractivity contribution in [2.45, 2.75) is 43.0 Å². The first-order valence-corrected chi connectivity index (χ1v) is 10.3. The molecule has 0 spiro atoms. The zero-order valence-electron chi connectivity index (χ0n) is 14.0. The number of amides is 1. The molecule has 0 aromatic carbocycles. The van der Waals surface area contributed by atoms with Crippen molar-refractivity contribution < 1.29 is 4.79 Å². The summed E-state index contributed by atoms with van der Waals surface area (Å²) >= 11 is 3.37. The van der Waals surface area contributed by atoms with Crippen molar-refractivity contribution in [3.63, 3.8) is 0 Å². The highest BCUT2D eigenvalue weighted by atomic mass is 32.2. The zero-order chi connectivity index (χ0) is 16.8. The van der Waals surface area contributed by atoms with Crippen LogP contribution in [0.3, 0.4) is 0 Å². The van der Waals surface area contributed by atoms with Crippen molar-refractivity contribution in [1.29, 1.82) is 0 Å². The molecule has 130 valence electrons. The van der Waals surface area contributed by atoms with Crippen LogP contribution in [-0.2, 0) is 6.54 Å². The van der Waals surface area contributed by atoms with Crippen LogP contribution >= 0.6 is 23.1 Å². The molecule has 3 rings (SSSR count). The lowest BCUT2D eigenvalue weighted by molar-refractivity contribution is 0.0929. The fraction of sp³-hybridized carbons (Fsp3) is 0.529. The van der Waals surface area contributed by atoms with Gasteiger partial charge in [-0.2, -0.15) is 0 Å². The molecule has 0 bridgehead atoms. The fourth-order valence-electron chi connectivity index (χ4n) is 3.00. The molecule has 5 nitrogen and oxygen atoms in total. The first-order valence-electron chi connectivity index (χ1n) is 8.48. The second-order valence-corrected chi connectivity index (χ2v) is 8.64. The summed E-state index contributed by atoms with van der Waals surface area (Å²) < 4.78 is 1.21. The second kappa shape index (κ2) is 8.69. The molecule has 1 unspecified atom stereocenters. The van der Waals surface area contributed by atoms with Gasteiger partial charge in [-0.05, 0) is 37.3 Å². The number of rotatable bonds is 6. The summed E-state index contributed by atoms with van der Waals surface area (Å²) in [6, 6.07) is 4.19. The highest BCUT2D eigenvalue weighted by Gasteiger charge is 2.21. The van der Waals surface area contributed by atoms with Gasteiger partial charge in [0.05, 0.1) is 15.6 Å². The molecular weight excluding hydrogens is 340 g/mol. The molecule has 0 saturated carbocycles. The number of hydrogen-bond acceptors (Lipinski definition) is 5. The van der Waals surface area contributed by atoms with Gasteiger partial charge in [-0.25, -0.2) is 4.98 Å². The van der Waals surface area contributed by atoms with E-state index in [0.717, 1.165) is 48.9 Å². The Hall–Kier alpha value is -1.31. The van der Waals surface area contributed by atoms with Gasteiger partial charge in [-0.15, -0.1) is 23.1 Å². The van der Waals surface area contributed by atoms with Gasteiger partial charge in [0.15, 0.2) is 0 Å². The van der Waals surface area contributed by atoms with Crippen LogP contribution in [0.1, 0.15) is 41.7 Å². The highest BCUT2D eigenvalue weighted by molar-refractivity contribution is 8.01. The molecule has 24 heavy (non-hydrogen) atoms. The number of aromatic nitrogens is 2. The third-order valence-electron chi connectivity index (χ3n) is 4.11. The minimum absolute atomic E-state index is 0.0628. The van der Waals surface area contributed by atoms with Crippen molar-refractivity contribution in [3.8, 4) is 0 Å². The molecule has 2 N–H and O–H groups in total. The minimum Gasteiger partial charge on any atom is -0.348 e. The minimum atomic E-state index is 0.0628. The van der Waals surface area contributed by atoms with Crippen molar-refractivity contribution in [2.24, 2.45) is 0 Å². The summed E-state index contributed by atoms with van der Waals surface area (Å²) in [5.41, 5.74) is 0. The van der Waals surface area contributed by atoms with E-state index in [9.17, 15) is 4.79 Å². The largest absolute Gasteiger partial charge is 0.348 e. The summed E-state index contributed by atoms with van der Waals surface area (Å²) in [5.74, 6) is 2.08. The summed E-state index contributed by atoms with van der Waals surface area (Å²) in [7, 11) is 0. The van der Waals surface area contributed by atoms with Gasteiger partial charge < -0.3 is 10.3 Å². The van der Waals surface area contributed by atoms with Crippen molar-refractivity contribution >= 4 is 29.0 Å². The number of carbonyl (C=O) groups is 1. The number of imidazole rings is 1. The van der Waals surface area contributed by atoms with Crippen LogP contribution in [0.5, 0.6) is 0 Å². The molecule has 0 radical (unpaired) electrons. The number of aromatic amines is 1. The number of H-pyrrole nitrogens is 1. The maximum atomic E-state index is 12.5. The lowest BCUT2D eigenvalue weighted by Crippen LogP contribution is -2.42. The third-order valence-corrected chi connectivity index (χ3v) is 6.30. The Morgan fingerprint density at radius 2 is 2.42 bits per heavy atom. The van der Waals surface area contributed by atoms with E-state index < -0.39 is 0 Å². The highest BCUT2D eigenvalue weighted by Crippen LogP contribution is 2.27. The molecule has 1 fully saturated rings. The standard InChI is InChI=1S/C17H24N4OS2/c1-2-23-16-7-6-14(24-16)17(22)20-13-5-3-4-10-21(11-13)12-15-18-8-9-19-15/h6-9,13H,2-5,10-12H2,1H3,(H,18,19)(H,20,22). The maximum absolute atomic E-state index is 12.5. The Kier molecular flexibility index (Phi) is 6.34. The van der Waals surface area contributed by atoms with Gasteiger partial charge in [0.25, 0.3) is 5.91 Å². The van der Waals surface area contributed by atoms with E-state index in [1.165, 1.54) is 10.6 Å². The Labute approximate surface area is 151 Å². The number of hydrogen-bond donors (Lipinski definition) is 2. The zero-order valence-corrected chi connectivity index (χ0v) is 15.6. The van der Waals surface area contributed by atoms with Crippen molar-refractivity contribution in [3.05, 3.63) is 35.2 Å². The molecular formula is C17H24N4OS2. The number of nitrogens with zero attached hydrogens (tertiary/aromatic N) is 2. The summed E-state index contributed by atoms with van der Waals surface area (Å²) in [4.78, 5) is 23.2. The van der Waals surface area contributed by atoms with Crippen LogP contribution < -0.4 is 5.32 Å². The van der Waals surface area contributed by atoms with Gasteiger partial charge in [0.1, 0.15) is 5.82 Å². The normalized spacial score (nSPS) is 19.1. The van der Waals surface area contributed by atoms with E-state index in [2.05, 4.69) is 27.1 Å². The van der Waals surface area contributed by atoms with Crippen LogP contribution in [0.2, 0.25) is 0 Å². The number of thioether (sulfide) groups is 1.